The number of nitrogens with one attached hydrogen (secondary N) is 1. The number of hydrogen-bond acceptors (Lipinski definition) is 5. The summed E-state index contributed by atoms with van der Waals surface area (Å²) in [7, 11) is -3.38. The van der Waals surface area contributed by atoms with Crippen molar-refractivity contribution in [2.24, 2.45) is 0 Å². The van der Waals surface area contributed by atoms with Gasteiger partial charge in [-0.05, 0) is 54.1 Å². The largest absolute Gasteiger partial charge is 0.365 e. The van der Waals surface area contributed by atoms with Gasteiger partial charge in [0.25, 0.3) is 0 Å². The minimum atomic E-state index is -3.38. The number of benzene rings is 3. The van der Waals surface area contributed by atoms with Gasteiger partial charge >= 0.3 is 0 Å². The highest BCUT2D eigenvalue weighted by Gasteiger charge is 2.17. The number of hydrogen-bond donors (Lipinski definition) is 1. The first-order valence-corrected chi connectivity index (χ1v) is 12.1. The van der Waals surface area contributed by atoms with Crippen LogP contribution in [0.25, 0.3) is 22.4 Å². The van der Waals surface area contributed by atoms with Crippen LogP contribution in [0.4, 0.5) is 14.6 Å². The molecule has 0 amide bonds. The fourth-order valence-electron chi connectivity index (χ4n) is 3.48. The van der Waals surface area contributed by atoms with Gasteiger partial charge in [-0.3, -0.25) is 0 Å². The summed E-state index contributed by atoms with van der Waals surface area (Å²) in [5.41, 5.74) is 2.90. The summed E-state index contributed by atoms with van der Waals surface area (Å²) in [5.74, 6) is -0.536. The monoisotopic (exact) mass is 475 g/mol. The number of nitrogens with zero attached hydrogens (tertiary/aromatic N) is 2. The Labute approximate surface area is 196 Å². The molecule has 0 aliphatic heterocycles. The van der Waals surface area contributed by atoms with Gasteiger partial charge in [0.1, 0.15) is 23.5 Å². The van der Waals surface area contributed by atoms with Gasteiger partial charge in [-0.1, -0.05) is 30.3 Å². The molecule has 8 heteroatoms. The molecule has 170 valence electrons. The summed E-state index contributed by atoms with van der Waals surface area (Å²) in [6, 6.07) is 22.0. The topological polar surface area (TPSA) is 82.8 Å². The molecule has 34 heavy (non-hydrogen) atoms. The fraction of sp³-hybridized carbons (Fsp3) is 0.0769. The van der Waals surface area contributed by atoms with E-state index in [9.17, 15) is 22.5 Å². The number of sulfone groups is 1. The Morgan fingerprint density at radius 3 is 2.21 bits per heavy atom. The van der Waals surface area contributed by atoms with E-state index in [1.807, 2.05) is 0 Å². The van der Waals surface area contributed by atoms with E-state index in [0.29, 0.717) is 27.9 Å². The maximum Gasteiger partial charge on any atom is 0.175 e. The first kappa shape index (κ1) is 23.1. The number of halogens is 2. The average molecular weight is 476 g/mol. The summed E-state index contributed by atoms with van der Waals surface area (Å²) in [5, 5.41) is 12.8. The molecule has 0 radical (unpaired) electrons. The van der Waals surface area contributed by atoms with Crippen LogP contribution in [-0.4, -0.2) is 19.7 Å². The Morgan fingerprint density at radius 1 is 0.941 bits per heavy atom. The Hall–Kier alpha value is -4.09. The van der Waals surface area contributed by atoms with Crippen molar-refractivity contribution >= 4 is 15.7 Å². The van der Waals surface area contributed by atoms with E-state index in [1.54, 1.807) is 48.5 Å². The van der Waals surface area contributed by atoms with Gasteiger partial charge in [0.05, 0.1) is 16.2 Å². The quantitative estimate of drug-likeness (QED) is 0.394. The molecule has 1 N–H and O–H groups in total. The van der Waals surface area contributed by atoms with Crippen molar-refractivity contribution in [2.45, 2.75) is 11.4 Å². The standard InChI is InChI=1S/C26H19F2N3O2S/c1-34(32,33)22-12-8-17(9-13-22)23-14-20(15-29)26(30-16-19-4-2-3-5-24(19)28)31-25(23)18-6-10-21(27)11-7-18/h2-14H,16H2,1H3,(H,30,31). The highest BCUT2D eigenvalue weighted by Crippen LogP contribution is 2.34. The van der Waals surface area contributed by atoms with Crippen molar-refractivity contribution in [1.29, 1.82) is 5.26 Å². The van der Waals surface area contributed by atoms with Gasteiger partial charge in [0, 0.05) is 29.5 Å². The van der Waals surface area contributed by atoms with Gasteiger partial charge in [0.2, 0.25) is 0 Å². The molecule has 0 spiro atoms. The van der Waals surface area contributed by atoms with Crippen molar-refractivity contribution in [3.05, 3.63) is 102 Å². The van der Waals surface area contributed by atoms with Crippen LogP contribution in [-0.2, 0) is 16.4 Å². The van der Waals surface area contributed by atoms with Crippen LogP contribution in [0, 0.1) is 23.0 Å². The SMILES string of the molecule is CS(=O)(=O)c1ccc(-c2cc(C#N)c(NCc3ccccc3F)nc2-c2ccc(F)cc2)cc1. The van der Waals surface area contributed by atoms with Gasteiger partial charge in [-0.15, -0.1) is 0 Å². The molecule has 4 rings (SSSR count). The molecule has 0 aliphatic carbocycles. The van der Waals surface area contributed by atoms with Gasteiger partial charge in [0.15, 0.2) is 9.84 Å². The highest BCUT2D eigenvalue weighted by molar-refractivity contribution is 7.90. The summed E-state index contributed by atoms with van der Waals surface area (Å²) < 4.78 is 51.3. The third-order valence-electron chi connectivity index (χ3n) is 5.26. The lowest BCUT2D eigenvalue weighted by molar-refractivity contribution is 0.602. The Morgan fingerprint density at radius 2 is 1.59 bits per heavy atom. The van der Waals surface area contributed by atoms with Crippen molar-refractivity contribution in [3.8, 4) is 28.5 Å². The Bertz CT molecular complexity index is 1500. The van der Waals surface area contributed by atoms with Crippen LogP contribution in [0.3, 0.4) is 0 Å². The molecular weight excluding hydrogens is 456 g/mol. The van der Waals surface area contributed by atoms with Crippen molar-refractivity contribution in [3.63, 3.8) is 0 Å². The third-order valence-corrected chi connectivity index (χ3v) is 6.39. The van der Waals surface area contributed by atoms with Crippen molar-refractivity contribution < 1.29 is 17.2 Å². The van der Waals surface area contributed by atoms with Crippen LogP contribution < -0.4 is 5.32 Å². The Balaban J connectivity index is 1.83. The lowest BCUT2D eigenvalue weighted by Crippen LogP contribution is -2.07. The van der Waals surface area contributed by atoms with Gasteiger partial charge in [-0.25, -0.2) is 22.2 Å². The molecule has 0 aliphatic rings. The number of pyridine rings is 1. The summed E-state index contributed by atoms with van der Waals surface area (Å²) in [4.78, 5) is 4.80. The molecule has 4 aromatic rings. The van der Waals surface area contributed by atoms with E-state index in [4.69, 9.17) is 0 Å². The molecule has 1 heterocycles. The van der Waals surface area contributed by atoms with Crippen molar-refractivity contribution in [1.82, 2.24) is 4.98 Å². The normalized spacial score (nSPS) is 11.1. The van der Waals surface area contributed by atoms with E-state index < -0.39 is 15.7 Å². The molecule has 0 unspecified atom stereocenters. The molecule has 1 aromatic heterocycles. The first-order valence-electron chi connectivity index (χ1n) is 10.2. The lowest BCUT2D eigenvalue weighted by atomic mass is 9.97. The number of aromatic nitrogens is 1. The van der Waals surface area contributed by atoms with Crippen molar-refractivity contribution in [2.75, 3.05) is 11.6 Å². The molecule has 0 saturated heterocycles. The van der Waals surface area contributed by atoms with E-state index in [-0.39, 0.29) is 28.6 Å². The molecule has 5 nitrogen and oxygen atoms in total. The van der Waals surface area contributed by atoms with Gasteiger partial charge in [-0.2, -0.15) is 5.26 Å². The summed E-state index contributed by atoms with van der Waals surface area (Å²) in [6.45, 7) is 0.111. The number of rotatable bonds is 6. The second kappa shape index (κ2) is 9.41. The lowest BCUT2D eigenvalue weighted by Gasteiger charge is -2.15. The zero-order chi connectivity index (χ0) is 24.3. The van der Waals surface area contributed by atoms with E-state index >= 15 is 0 Å². The van der Waals surface area contributed by atoms with E-state index in [1.165, 1.54) is 30.3 Å². The molecular formula is C26H19F2N3O2S. The van der Waals surface area contributed by atoms with Crippen LogP contribution in [0.5, 0.6) is 0 Å². The third kappa shape index (κ3) is 4.95. The molecule has 0 saturated carbocycles. The predicted octanol–water partition coefficient (Wildman–Crippen LogP) is 5.58. The van der Waals surface area contributed by atoms with Crippen LogP contribution in [0.2, 0.25) is 0 Å². The zero-order valence-corrected chi connectivity index (χ0v) is 18.9. The maximum absolute atomic E-state index is 14.1. The average Bonchev–Trinajstić information content (AvgIpc) is 2.83. The predicted molar refractivity (Wildman–Crippen MR) is 127 cm³/mol. The number of nitriles is 1. The van der Waals surface area contributed by atoms with Gasteiger partial charge < -0.3 is 5.32 Å². The highest BCUT2D eigenvalue weighted by atomic mass is 32.2. The maximum atomic E-state index is 14.1. The van der Waals surface area contributed by atoms with Crippen LogP contribution >= 0.6 is 0 Å². The minimum absolute atomic E-state index is 0.111. The second-order valence-electron chi connectivity index (χ2n) is 7.64. The summed E-state index contributed by atoms with van der Waals surface area (Å²) in [6.07, 6.45) is 1.12. The second-order valence-corrected chi connectivity index (χ2v) is 9.66. The number of anilines is 1. The van der Waals surface area contributed by atoms with E-state index in [0.717, 1.165) is 6.26 Å². The summed E-state index contributed by atoms with van der Waals surface area (Å²) >= 11 is 0. The smallest absolute Gasteiger partial charge is 0.175 e. The molecule has 0 fully saturated rings. The molecule has 0 atom stereocenters. The van der Waals surface area contributed by atoms with Crippen LogP contribution in [0.1, 0.15) is 11.1 Å². The fourth-order valence-corrected chi connectivity index (χ4v) is 4.11. The molecule has 0 bridgehead atoms. The van der Waals surface area contributed by atoms with Crippen LogP contribution in [0.15, 0.2) is 83.8 Å². The Kier molecular flexibility index (Phi) is 6.39. The molecule has 3 aromatic carbocycles. The van der Waals surface area contributed by atoms with E-state index in [2.05, 4.69) is 16.4 Å². The first-order chi connectivity index (χ1) is 16.3. The zero-order valence-electron chi connectivity index (χ0n) is 18.1. The minimum Gasteiger partial charge on any atom is -0.365 e.